The SMILES string of the molecule is COC(=O)C1CCC(NCc2ccc(-c3cccc(-c4cccc(Nc5nc(C(F)F)nc6cc(C=O)cnc56)c4C)c3Cl)nc2OC)CC1. The Bertz CT molecular complexity index is 2060. The average molecular weight is 701 g/mol. The molecule has 50 heavy (non-hydrogen) atoms. The number of pyridine rings is 2. The fraction of sp³-hybridized carbons (Fsp3) is 0.297. The zero-order valence-corrected chi connectivity index (χ0v) is 28.4. The number of ether oxygens (including phenoxy) is 2. The minimum absolute atomic E-state index is 0.0347. The van der Waals surface area contributed by atoms with E-state index in [1.807, 2.05) is 49.4 Å². The lowest BCUT2D eigenvalue weighted by Gasteiger charge is -2.27. The van der Waals surface area contributed by atoms with Gasteiger partial charge in [-0.25, -0.2) is 28.7 Å². The largest absolute Gasteiger partial charge is 0.481 e. The molecule has 0 aliphatic heterocycles. The third-order valence-corrected chi connectivity index (χ3v) is 9.44. The molecule has 1 aliphatic carbocycles. The molecular formula is C37H35ClF2N6O4. The molecule has 0 amide bonds. The van der Waals surface area contributed by atoms with E-state index in [1.165, 1.54) is 19.4 Å². The van der Waals surface area contributed by atoms with Crippen molar-refractivity contribution in [3.05, 3.63) is 88.3 Å². The molecule has 0 radical (unpaired) electrons. The predicted octanol–water partition coefficient (Wildman–Crippen LogP) is 8.04. The maximum absolute atomic E-state index is 13.7. The van der Waals surface area contributed by atoms with E-state index in [4.69, 9.17) is 26.1 Å². The smallest absolute Gasteiger partial charge is 0.308 e. The summed E-state index contributed by atoms with van der Waals surface area (Å²) in [5, 5.41) is 7.21. The van der Waals surface area contributed by atoms with Crippen LogP contribution in [0, 0.1) is 12.8 Å². The summed E-state index contributed by atoms with van der Waals surface area (Å²) in [5.41, 5.74) is 5.76. The van der Waals surface area contributed by atoms with Gasteiger partial charge in [-0.2, -0.15) is 0 Å². The summed E-state index contributed by atoms with van der Waals surface area (Å²) < 4.78 is 38.0. The number of alkyl halides is 2. The van der Waals surface area contributed by atoms with Crippen molar-refractivity contribution in [3.63, 3.8) is 0 Å². The van der Waals surface area contributed by atoms with Crippen LogP contribution in [0.5, 0.6) is 5.88 Å². The quantitative estimate of drug-likeness (QED) is 0.103. The molecule has 1 aliphatic rings. The minimum atomic E-state index is -2.93. The number of nitrogens with one attached hydrogen (secondary N) is 2. The monoisotopic (exact) mass is 700 g/mol. The van der Waals surface area contributed by atoms with E-state index in [1.54, 1.807) is 13.2 Å². The second kappa shape index (κ2) is 15.2. The van der Waals surface area contributed by atoms with E-state index in [0.717, 1.165) is 47.9 Å². The molecule has 0 atom stereocenters. The number of nitrogens with zero attached hydrogens (tertiary/aromatic N) is 4. The maximum atomic E-state index is 13.7. The summed E-state index contributed by atoms with van der Waals surface area (Å²) in [6.45, 7) is 2.45. The normalized spacial score (nSPS) is 16.0. The number of esters is 1. The second-order valence-corrected chi connectivity index (χ2v) is 12.5. The third-order valence-electron chi connectivity index (χ3n) is 9.03. The van der Waals surface area contributed by atoms with Gasteiger partial charge >= 0.3 is 5.97 Å². The van der Waals surface area contributed by atoms with Crippen LogP contribution in [0.3, 0.4) is 0 Å². The van der Waals surface area contributed by atoms with Crippen LogP contribution in [0.25, 0.3) is 33.4 Å². The Morgan fingerprint density at radius 1 is 1.00 bits per heavy atom. The van der Waals surface area contributed by atoms with E-state index in [2.05, 4.69) is 25.6 Å². The van der Waals surface area contributed by atoms with E-state index < -0.39 is 12.2 Å². The number of hydrogen-bond donors (Lipinski definition) is 2. The molecule has 5 aromatic rings. The molecule has 0 unspecified atom stereocenters. The molecule has 3 aromatic heterocycles. The van der Waals surface area contributed by atoms with Crippen LogP contribution in [0.15, 0.2) is 60.8 Å². The van der Waals surface area contributed by atoms with Gasteiger partial charge in [-0.05, 0) is 61.9 Å². The number of anilines is 2. The van der Waals surface area contributed by atoms with Crippen LogP contribution in [-0.4, -0.2) is 52.5 Å². The van der Waals surface area contributed by atoms with Crippen molar-refractivity contribution in [2.45, 2.75) is 51.6 Å². The van der Waals surface area contributed by atoms with Gasteiger partial charge in [0.05, 0.1) is 36.4 Å². The van der Waals surface area contributed by atoms with Crippen molar-refractivity contribution in [3.8, 4) is 28.3 Å². The molecule has 2 aromatic carbocycles. The van der Waals surface area contributed by atoms with Crippen LogP contribution < -0.4 is 15.4 Å². The number of aromatic nitrogens is 4. The number of halogens is 3. The van der Waals surface area contributed by atoms with Gasteiger partial charge in [0.1, 0.15) is 5.52 Å². The Hall–Kier alpha value is -5.07. The minimum Gasteiger partial charge on any atom is -0.481 e. The Balaban J connectivity index is 1.25. The summed E-state index contributed by atoms with van der Waals surface area (Å²) in [5.74, 6) is -0.282. The van der Waals surface area contributed by atoms with Gasteiger partial charge in [0.2, 0.25) is 5.88 Å². The third kappa shape index (κ3) is 7.26. The summed E-state index contributed by atoms with van der Waals surface area (Å²) in [7, 11) is 3.01. The van der Waals surface area contributed by atoms with Gasteiger partial charge in [-0.3, -0.25) is 9.59 Å². The first kappa shape index (κ1) is 34.8. The number of benzene rings is 2. The lowest BCUT2D eigenvalue weighted by atomic mass is 9.86. The van der Waals surface area contributed by atoms with Crippen molar-refractivity contribution in [1.29, 1.82) is 0 Å². The van der Waals surface area contributed by atoms with Gasteiger partial charge < -0.3 is 20.1 Å². The molecule has 258 valence electrons. The number of carbonyl (C=O) groups is 2. The molecule has 6 rings (SSSR count). The molecule has 0 bridgehead atoms. The van der Waals surface area contributed by atoms with Gasteiger partial charge in [0.15, 0.2) is 17.9 Å². The van der Waals surface area contributed by atoms with Crippen LogP contribution >= 0.6 is 11.6 Å². The van der Waals surface area contributed by atoms with Gasteiger partial charge in [-0.1, -0.05) is 48.0 Å². The highest BCUT2D eigenvalue weighted by Gasteiger charge is 2.27. The molecule has 1 saturated carbocycles. The first-order valence-electron chi connectivity index (χ1n) is 16.1. The fourth-order valence-electron chi connectivity index (χ4n) is 6.31. The van der Waals surface area contributed by atoms with Crippen molar-refractivity contribution >= 4 is 46.4 Å². The Labute approximate surface area is 292 Å². The number of aldehydes is 1. The van der Waals surface area contributed by atoms with E-state index in [0.29, 0.717) is 40.7 Å². The number of hydrogen-bond acceptors (Lipinski definition) is 10. The zero-order chi connectivity index (χ0) is 35.4. The number of carbonyl (C=O) groups excluding carboxylic acids is 2. The van der Waals surface area contributed by atoms with Crippen molar-refractivity contribution in [2.75, 3.05) is 19.5 Å². The van der Waals surface area contributed by atoms with Gasteiger partial charge in [-0.15, -0.1) is 0 Å². The second-order valence-electron chi connectivity index (χ2n) is 12.1. The van der Waals surface area contributed by atoms with Crippen molar-refractivity contribution in [1.82, 2.24) is 25.3 Å². The first-order chi connectivity index (χ1) is 24.2. The number of fused-ring (bicyclic) bond motifs is 1. The highest BCUT2D eigenvalue weighted by Crippen LogP contribution is 2.40. The highest BCUT2D eigenvalue weighted by molar-refractivity contribution is 6.36. The van der Waals surface area contributed by atoms with Crippen LogP contribution in [-0.2, 0) is 16.1 Å². The van der Waals surface area contributed by atoms with Gasteiger partial charge in [0.25, 0.3) is 6.43 Å². The lowest BCUT2D eigenvalue weighted by Crippen LogP contribution is -2.35. The van der Waals surface area contributed by atoms with Crippen LogP contribution in [0.1, 0.15) is 59.4 Å². The molecule has 3 heterocycles. The van der Waals surface area contributed by atoms with Crippen LogP contribution in [0.4, 0.5) is 20.3 Å². The molecular weight excluding hydrogens is 666 g/mol. The highest BCUT2D eigenvalue weighted by atomic mass is 35.5. The van der Waals surface area contributed by atoms with Crippen LogP contribution in [0.2, 0.25) is 5.02 Å². The number of rotatable bonds is 11. The average Bonchev–Trinajstić information content (AvgIpc) is 3.14. The Kier molecular flexibility index (Phi) is 10.6. The van der Waals surface area contributed by atoms with Crippen molar-refractivity contribution < 1.29 is 27.8 Å². The van der Waals surface area contributed by atoms with Crippen molar-refractivity contribution in [2.24, 2.45) is 5.92 Å². The number of methoxy groups -OCH3 is 2. The molecule has 10 nitrogen and oxygen atoms in total. The molecule has 13 heteroatoms. The summed E-state index contributed by atoms with van der Waals surface area (Å²) in [6.07, 6.45) is 2.36. The Morgan fingerprint density at radius 2 is 1.74 bits per heavy atom. The fourth-order valence-corrected chi connectivity index (χ4v) is 6.64. The van der Waals surface area contributed by atoms with E-state index in [-0.39, 0.29) is 40.3 Å². The lowest BCUT2D eigenvalue weighted by molar-refractivity contribution is -0.146. The zero-order valence-electron chi connectivity index (χ0n) is 27.7. The molecule has 0 saturated heterocycles. The summed E-state index contributed by atoms with van der Waals surface area (Å²) in [6, 6.07) is 16.8. The topological polar surface area (TPSA) is 128 Å². The van der Waals surface area contributed by atoms with E-state index >= 15 is 0 Å². The predicted molar refractivity (Wildman–Crippen MR) is 187 cm³/mol. The Morgan fingerprint density at radius 3 is 2.46 bits per heavy atom. The molecule has 2 N–H and O–H groups in total. The molecule has 0 spiro atoms. The van der Waals surface area contributed by atoms with E-state index in [9.17, 15) is 18.4 Å². The first-order valence-corrected chi connectivity index (χ1v) is 16.5. The summed E-state index contributed by atoms with van der Waals surface area (Å²) >= 11 is 7.08. The van der Waals surface area contributed by atoms with Gasteiger partial charge in [0, 0.05) is 46.7 Å². The maximum Gasteiger partial charge on any atom is 0.308 e. The standard InChI is InChI=1S/C37H35ClF2N6O4/c1-20-25(6-5-9-28(20)43-34-32-30(16-21(19-47)17-42-32)44-35(46-34)33(39)40)26-7-4-8-27(31(26)38)29-15-12-23(36(45-29)49-2)18-41-24-13-10-22(11-14-24)37(48)50-3/h4-9,12,15-17,19,22,24,33,41H,10-11,13-14,18H2,1-3H3,(H,43,44,46). The molecule has 1 fully saturated rings. The summed E-state index contributed by atoms with van der Waals surface area (Å²) in [4.78, 5) is 40.2.